The number of nitrogens with zero attached hydrogens (tertiary/aromatic N) is 4. The van der Waals surface area contributed by atoms with Crippen LogP contribution in [0.3, 0.4) is 0 Å². The van der Waals surface area contributed by atoms with E-state index in [9.17, 15) is 4.79 Å². The van der Waals surface area contributed by atoms with Gasteiger partial charge in [0.25, 0.3) is 0 Å². The average Bonchev–Trinajstić information content (AvgIpc) is 2.68. The predicted octanol–water partition coefficient (Wildman–Crippen LogP) is 3.28. The summed E-state index contributed by atoms with van der Waals surface area (Å²) in [5.41, 5.74) is 2.70. The Morgan fingerprint density at radius 1 is 1.19 bits per heavy atom. The van der Waals surface area contributed by atoms with Crippen LogP contribution in [0.25, 0.3) is 5.57 Å². The molecule has 1 aromatic carbocycles. The van der Waals surface area contributed by atoms with E-state index >= 15 is 0 Å². The molecule has 142 valence electrons. The minimum Gasteiger partial charge on any atom is -0.352 e. The third-order valence-electron chi connectivity index (χ3n) is 4.94. The summed E-state index contributed by atoms with van der Waals surface area (Å²) in [6.07, 6.45) is 5.11. The van der Waals surface area contributed by atoms with Gasteiger partial charge in [0.2, 0.25) is 0 Å². The molecular weight excluding hydrogens is 338 g/mol. The number of nitrogens with one attached hydrogen (secondary N) is 1. The van der Waals surface area contributed by atoms with Crippen LogP contribution in [0.4, 0.5) is 10.6 Å². The van der Waals surface area contributed by atoms with Crippen LogP contribution in [0.1, 0.15) is 31.9 Å². The molecule has 3 rings (SSSR count). The molecule has 27 heavy (non-hydrogen) atoms. The summed E-state index contributed by atoms with van der Waals surface area (Å²) in [7, 11) is 0. The number of anilines is 1. The first-order valence-electron chi connectivity index (χ1n) is 9.21. The highest BCUT2D eigenvalue weighted by Gasteiger charge is 2.28. The van der Waals surface area contributed by atoms with Gasteiger partial charge < -0.3 is 15.1 Å². The molecule has 0 aliphatic carbocycles. The zero-order valence-corrected chi connectivity index (χ0v) is 16.3. The van der Waals surface area contributed by atoms with Gasteiger partial charge in [0.05, 0.1) is 11.7 Å². The molecule has 2 amide bonds. The number of urea groups is 1. The van der Waals surface area contributed by atoms with Crippen molar-refractivity contribution in [2.24, 2.45) is 0 Å². The third-order valence-corrected chi connectivity index (χ3v) is 4.94. The highest BCUT2D eigenvalue weighted by atomic mass is 16.2. The van der Waals surface area contributed by atoms with Gasteiger partial charge in [-0.3, -0.25) is 4.98 Å². The first-order valence-corrected chi connectivity index (χ1v) is 9.21. The third kappa shape index (κ3) is 4.45. The average molecular weight is 365 g/mol. The number of rotatable bonds is 4. The van der Waals surface area contributed by atoms with E-state index in [0.29, 0.717) is 13.1 Å². The molecule has 2 heterocycles. The molecule has 0 unspecified atom stereocenters. The lowest BCUT2D eigenvalue weighted by atomic mass is 9.92. The molecule has 1 aromatic heterocycles. The second-order valence-electron chi connectivity index (χ2n) is 7.45. The summed E-state index contributed by atoms with van der Waals surface area (Å²) in [6, 6.07) is 8.13. The van der Waals surface area contributed by atoms with Crippen LogP contribution in [-0.2, 0) is 5.54 Å². The standard InChI is InChI=1S/C21H27N5O/c1-16(2)17-6-5-7-18(14-17)21(3,4)24-20(27)26-12-10-25(11-13-26)19-15-22-8-9-23-19/h5-9,14-15H,1,10-13H2,2-4H3,(H,24,27). The van der Waals surface area contributed by atoms with Crippen molar-refractivity contribution in [1.29, 1.82) is 0 Å². The number of hydrogen-bond acceptors (Lipinski definition) is 4. The van der Waals surface area contributed by atoms with E-state index in [-0.39, 0.29) is 6.03 Å². The SMILES string of the molecule is C=C(C)c1cccc(C(C)(C)NC(=O)N2CCN(c3cnccn3)CC2)c1. The summed E-state index contributed by atoms with van der Waals surface area (Å²) in [6.45, 7) is 12.9. The van der Waals surface area contributed by atoms with E-state index < -0.39 is 5.54 Å². The Kier molecular flexibility index (Phi) is 5.44. The normalized spacial score (nSPS) is 14.8. The number of carbonyl (C=O) groups excluding carboxylic acids is 1. The summed E-state index contributed by atoms with van der Waals surface area (Å²) < 4.78 is 0. The fraction of sp³-hybridized carbons (Fsp3) is 0.381. The Labute approximate surface area is 160 Å². The predicted molar refractivity (Wildman–Crippen MR) is 109 cm³/mol. The van der Waals surface area contributed by atoms with Crippen molar-refractivity contribution in [2.45, 2.75) is 26.3 Å². The van der Waals surface area contributed by atoms with Gasteiger partial charge in [-0.25, -0.2) is 9.78 Å². The number of piperazine rings is 1. The van der Waals surface area contributed by atoms with Gasteiger partial charge in [0.1, 0.15) is 5.82 Å². The second-order valence-corrected chi connectivity index (χ2v) is 7.45. The Bertz CT molecular complexity index is 810. The largest absolute Gasteiger partial charge is 0.352 e. The maximum Gasteiger partial charge on any atom is 0.318 e. The first-order chi connectivity index (χ1) is 12.9. The van der Waals surface area contributed by atoms with Gasteiger partial charge in [-0.15, -0.1) is 0 Å². The molecule has 1 saturated heterocycles. The molecular formula is C21H27N5O. The number of amides is 2. The highest BCUT2D eigenvalue weighted by Crippen LogP contribution is 2.24. The van der Waals surface area contributed by atoms with E-state index in [1.165, 1.54) is 0 Å². The van der Waals surface area contributed by atoms with Gasteiger partial charge in [0, 0.05) is 38.6 Å². The molecule has 0 radical (unpaired) electrons. The zero-order chi connectivity index (χ0) is 19.4. The Morgan fingerprint density at radius 3 is 2.56 bits per heavy atom. The van der Waals surface area contributed by atoms with Crippen LogP contribution >= 0.6 is 0 Å². The van der Waals surface area contributed by atoms with E-state index in [4.69, 9.17) is 0 Å². The van der Waals surface area contributed by atoms with Crippen LogP contribution in [0.2, 0.25) is 0 Å². The summed E-state index contributed by atoms with van der Waals surface area (Å²) >= 11 is 0. The smallest absolute Gasteiger partial charge is 0.318 e. The van der Waals surface area contributed by atoms with Gasteiger partial charge in [-0.1, -0.05) is 30.4 Å². The molecule has 1 N–H and O–H groups in total. The van der Waals surface area contributed by atoms with Crippen molar-refractivity contribution in [1.82, 2.24) is 20.2 Å². The van der Waals surface area contributed by atoms with E-state index in [1.807, 2.05) is 43.9 Å². The molecule has 0 bridgehead atoms. The lowest BCUT2D eigenvalue weighted by molar-refractivity contribution is 0.183. The van der Waals surface area contributed by atoms with Crippen molar-refractivity contribution in [3.63, 3.8) is 0 Å². The van der Waals surface area contributed by atoms with E-state index in [1.54, 1.807) is 18.6 Å². The van der Waals surface area contributed by atoms with Crippen LogP contribution in [0, 0.1) is 0 Å². The van der Waals surface area contributed by atoms with Crippen LogP contribution < -0.4 is 10.2 Å². The van der Waals surface area contributed by atoms with Crippen molar-refractivity contribution >= 4 is 17.4 Å². The van der Waals surface area contributed by atoms with Gasteiger partial charge in [0.15, 0.2) is 0 Å². The van der Waals surface area contributed by atoms with Crippen LogP contribution in [-0.4, -0.2) is 47.1 Å². The molecule has 0 spiro atoms. The number of allylic oxidation sites excluding steroid dienone is 1. The number of carbonyl (C=O) groups is 1. The molecule has 0 saturated carbocycles. The minimum absolute atomic E-state index is 0.0421. The highest BCUT2D eigenvalue weighted by molar-refractivity contribution is 5.76. The van der Waals surface area contributed by atoms with Crippen LogP contribution in [0.15, 0.2) is 49.4 Å². The molecule has 1 aliphatic rings. The topological polar surface area (TPSA) is 61.4 Å². The molecule has 6 nitrogen and oxygen atoms in total. The summed E-state index contributed by atoms with van der Waals surface area (Å²) in [4.78, 5) is 25.3. The Balaban J connectivity index is 1.62. The molecule has 1 fully saturated rings. The quantitative estimate of drug-likeness (QED) is 0.903. The maximum atomic E-state index is 12.8. The molecule has 2 aromatic rings. The zero-order valence-electron chi connectivity index (χ0n) is 16.3. The maximum absolute atomic E-state index is 12.8. The Morgan fingerprint density at radius 2 is 1.93 bits per heavy atom. The van der Waals surface area contributed by atoms with Crippen molar-refractivity contribution in [3.05, 3.63) is 60.6 Å². The minimum atomic E-state index is -0.468. The number of aromatic nitrogens is 2. The lowest BCUT2D eigenvalue weighted by Crippen LogP contribution is -2.55. The fourth-order valence-electron chi connectivity index (χ4n) is 3.19. The lowest BCUT2D eigenvalue weighted by Gasteiger charge is -2.37. The summed E-state index contributed by atoms with van der Waals surface area (Å²) in [5, 5.41) is 3.17. The summed E-state index contributed by atoms with van der Waals surface area (Å²) in [5.74, 6) is 0.856. The number of hydrogen-bond donors (Lipinski definition) is 1. The fourth-order valence-corrected chi connectivity index (χ4v) is 3.19. The van der Waals surface area contributed by atoms with Crippen molar-refractivity contribution in [2.75, 3.05) is 31.1 Å². The van der Waals surface area contributed by atoms with Crippen LogP contribution in [0.5, 0.6) is 0 Å². The van der Waals surface area contributed by atoms with E-state index in [2.05, 4.69) is 32.8 Å². The van der Waals surface area contributed by atoms with Gasteiger partial charge in [-0.2, -0.15) is 0 Å². The molecule has 6 heteroatoms. The molecule has 1 aliphatic heterocycles. The monoisotopic (exact) mass is 365 g/mol. The number of benzene rings is 1. The first kappa shape index (κ1) is 18.9. The van der Waals surface area contributed by atoms with E-state index in [0.717, 1.165) is 35.6 Å². The second kappa shape index (κ2) is 7.78. The van der Waals surface area contributed by atoms with Crippen molar-refractivity contribution in [3.8, 4) is 0 Å². The van der Waals surface area contributed by atoms with Gasteiger partial charge in [-0.05, 0) is 38.0 Å². The van der Waals surface area contributed by atoms with Gasteiger partial charge >= 0.3 is 6.03 Å². The van der Waals surface area contributed by atoms with Crippen molar-refractivity contribution < 1.29 is 4.79 Å². The molecule has 0 atom stereocenters. The Hall–Kier alpha value is -2.89.